The summed E-state index contributed by atoms with van der Waals surface area (Å²) in [6.45, 7) is 0.332. The second-order valence-corrected chi connectivity index (χ2v) is 5.91. The fourth-order valence-corrected chi connectivity index (χ4v) is 2.41. The van der Waals surface area contributed by atoms with Gasteiger partial charge in [-0.3, -0.25) is 0 Å². The Balaban J connectivity index is 2.08. The predicted octanol–water partition coefficient (Wildman–Crippen LogP) is 1.50. The number of rotatable bonds is 5. The molecular weight excluding hydrogens is 292 g/mol. The third kappa shape index (κ3) is 3.87. The van der Waals surface area contributed by atoms with Crippen LogP contribution in [0.15, 0.2) is 47.4 Å². The van der Waals surface area contributed by atoms with Crippen LogP contribution in [0.5, 0.6) is 11.5 Å². The highest BCUT2D eigenvalue weighted by atomic mass is 32.2. The molecule has 2 aromatic rings. The van der Waals surface area contributed by atoms with Crippen molar-refractivity contribution in [3.05, 3.63) is 48.0 Å². The highest BCUT2D eigenvalue weighted by molar-refractivity contribution is 7.89. The summed E-state index contributed by atoms with van der Waals surface area (Å²) in [5.74, 6) is 1.23. The van der Waals surface area contributed by atoms with Gasteiger partial charge in [-0.05, 0) is 29.8 Å². The van der Waals surface area contributed by atoms with Crippen LogP contribution < -0.4 is 20.3 Å². The van der Waals surface area contributed by atoms with Crippen LogP contribution in [0.3, 0.4) is 0 Å². The van der Waals surface area contributed by atoms with Crippen LogP contribution >= 0.6 is 0 Å². The van der Waals surface area contributed by atoms with Crippen molar-refractivity contribution in [3.63, 3.8) is 0 Å². The molecule has 0 heterocycles. The Labute approximate surface area is 123 Å². The molecular formula is C14H16N2O4S. The lowest BCUT2D eigenvalue weighted by Crippen LogP contribution is -2.14. The first-order valence-corrected chi connectivity index (χ1v) is 7.63. The lowest BCUT2D eigenvalue weighted by atomic mass is 10.2. The zero-order chi connectivity index (χ0) is 15.5. The van der Waals surface area contributed by atoms with E-state index in [1.807, 2.05) is 24.3 Å². The molecule has 0 aromatic heterocycles. The maximum Gasteiger partial charge on any atom is 0.240 e. The van der Waals surface area contributed by atoms with Crippen LogP contribution in [0.1, 0.15) is 5.56 Å². The Kier molecular flexibility index (Phi) is 4.35. The van der Waals surface area contributed by atoms with Gasteiger partial charge in [0.05, 0.1) is 12.8 Å². The second-order valence-electron chi connectivity index (χ2n) is 4.38. The minimum absolute atomic E-state index is 0.0599. The molecule has 2 rings (SSSR count). The lowest BCUT2D eigenvalue weighted by Gasteiger charge is -2.09. The van der Waals surface area contributed by atoms with E-state index in [9.17, 15) is 8.42 Å². The Hall–Kier alpha value is -2.25. The first-order valence-electron chi connectivity index (χ1n) is 6.08. The predicted molar refractivity (Wildman–Crippen MR) is 79.6 cm³/mol. The van der Waals surface area contributed by atoms with E-state index in [4.69, 9.17) is 20.3 Å². The van der Waals surface area contributed by atoms with Crippen molar-refractivity contribution in [1.29, 1.82) is 0 Å². The van der Waals surface area contributed by atoms with Gasteiger partial charge in [-0.2, -0.15) is 0 Å². The van der Waals surface area contributed by atoms with Crippen molar-refractivity contribution in [2.75, 3.05) is 12.8 Å². The van der Waals surface area contributed by atoms with Crippen molar-refractivity contribution in [1.82, 2.24) is 0 Å². The largest absolute Gasteiger partial charge is 0.497 e. The average molecular weight is 308 g/mol. The number of nitrogen functional groups attached to an aromatic ring is 1. The van der Waals surface area contributed by atoms with Gasteiger partial charge in [0.15, 0.2) is 0 Å². The number of hydrogen-bond acceptors (Lipinski definition) is 5. The van der Waals surface area contributed by atoms with Gasteiger partial charge in [-0.25, -0.2) is 13.6 Å². The molecule has 0 fully saturated rings. The van der Waals surface area contributed by atoms with Crippen LogP contribution in [0.25, 0.3) is 0 Å². The molecule has 21 heavy (non-hydrogen) atoms. The summed E-state index contributed by atoms with van der Waals surface area (Å²) in [6.07, 6.45) is 0. The Morgan fingerprint density at radius 1 is 1.05 bits per heavy atom. The van der Waals surface area contributed by atoms with Gasteiger partial charge in [0, 0.05) is 6.07 Å². The number of nitrogens with two attached hydrogens (primary N) is 2. The summed E-state index contributed by atoms with van der Waals surface area (Å²) in [7, 11) is -2.22. The van der Waals surface area contributed by atoms with E-state index < -0.39 is 10.0 Å². The number of benzene rings is 2. The summed E-state index contributed by atoms with van der Waals surface area (Å²) in [5, 5.41) is 5.04. The number of ether oxygens (including phenoxy) is 2. The molecule has 0 spiro atoms. The topological polar surface area (TPSA) is 105 Å². The van der Waals surface area contributed by atoms with Crippen LogP contribution in [0.4, 0.5) is 5.69 Å². The molecule has 0 radical (unpaired) electrons. The molecule has 0 saturated carbocycles. The summed E-state index contributed by atoms with van der Waals surface area (Å²) in [6, 6.07) is 11.7. The number of sulfonamides is 1. The molecule has 7 heteroatoms. The van der Waals surface area contributed by atoms with Gasteiger partial charge in [-0.15, -0.1) is 0 Å². The molecule has 0 unspecified atom stereocenters. The Bertz CT molecular complexity index is 727. The zero-order valence-electron chi connectivity index (χ0n) is 11.4. The highest BCUT2D eigenvalue weighted by Gasteiger charge is 2.12. The summed E-state index contributed by atoms with van der Waals surface area (Å²) < 4.78 is 33.1. The van der Waals surface area contributed by atoms with Crippen molar-refractivity contribution < 1.29 is 17.9 Å². The standard InChI is InChI=1S/C14H16N2O4S/c1-19-11-4-2-10(3-5-11)9-20-12-6-7-14(13(15)8-12)21(16,17)18/h2-8H,9,15H2,1H3,(H2,16,17,18). The molecule has 0 aliphatic rings. The maximum atomic E-state index is 11.2. The number of hydrogen-bond donors (Lipinski definition) is 2. The van der Waals surface area contributed by atoms with Gasteiger partial charge >= 0.3 is 0 Å². The van der Waals surface area contributed by atoms with Crippen LogP contribution in [-0.2, 0) is 16.6 Å². The normalized spacial score (nSPS) is 11.1. The van der Waals surface area contributed by atoms with Gasteiger partial charge in [-0.1, -0.05) is 12.1 Å². The summed E-state index contributed by atoms with van der Waals surface area (Å²) in [4.78, 5) is -0.112. The van der Waals surface area contributed by atoms with E-state index in [0.29, 0.717) is 12.4 Å². The quantitative estimate of drug-likeness (QED) is 0.814. The molecule has 0 atom stereocenters. The monoisotopic (exact) mass is 308 g/mol. The molecule has 2 aromatic carbocycles. The SMILES string of the molecule is COc1ccc(COc2ccc(S(N)(=O)=O)c(N)c2)cc1. The van der Waals surface area contributed by atoms with Gasteiger partial charge < -0.3 is 15.2 Å². The fourth-order valence-electron chi connectivity index (χ4n) is 1.76. The summed E-state index contributed by atoms with van der Waals surface area (Å²) >= 11 is 0. The molecule has 0 amide bonds. The van der Waals surface area contributed by atoms with Gasteiger partial charge in [0.2, 0.25) is 10.0 Å². The average Bonchev–Trinajstić information content (AvgIpc) is 2.44. The number of primary sulfonamides is 1. The van der Waals surface area contributed by atoms with E-state index >= 15 is 0 Å². The minimum atomic E-state index is -3.82. The van der Waals surface area contributed by atoms with Gasteiger partial charge in [0.1, 0.15) is 23.0 Å². The maximum absolute atomic E-state index is 11.2. The van der Waals surface area contributed by atoms with Crippen molar-refractivity contribution in [2.45, 2.75) is 11.5 Å². The summed E-state index contributed by atoms with van der Waals surface area (Å²) in [5.41, 5.74) is 6.67. The van der Waals surface area contributed by atoms with E-state index in [0.717, 1.165) is 11.3 Å². The van der Waals surface area contributed by atoms with Crippen molar-refractivity contribution >= 4 is 15.7 Å². The molecule has 0 bridgehead atoms. The Morgan fingerprint density at radius 3 is 2.19 bits per heavy atom. The minimum Gasteiger partial charge on any atom is -0.497 e. The smallest absolute Gasteiger partial charge is 0.240 e. The molecule has 0 aliphatic carbocycles. The highest BCUT2D eigenvalue weighted by Crippen LogP contribution is 2.23. The van der Waals surface area contributed by atoms with E-state index in [2.05, 4.69) is 0 Å². The van der Waals surface area contributed by atoms with E-state index in [1.165, 1.54) is 18.2 Å². The number of anilines is 1. The van der Waals surface area contributed by atoms with E-state index in [-0.39, 0.29) is 10.6 Å². The zero-order valence-corrected chi connectivity index (χ0v) is 12.3. The molecule has 6 nitrogen and oxygen atoms in total. The van der Waals surface area contributed by atoms with Gasteiger partial charge in [0.25, 0.3) is 0 Å². The first-order chi connectivity index (χ1) is 9.90. The third-order valence-corrected chi connectivity index (χ3v) is 3.84. The second kappa shape index (κ2) is 6.02. The van der Waals surface area contributed by atoms with Crippen molar-refractivity contribution in [3.8, 4) is 11.5 Å². The first kappa shape index (κ1) is 15.1. The Morgan fingerprint density at radius 2 is 1.67 bits per heavy atom. The van der Waals surface area contributed by atoms with Crippen LogP contribution in [-0.4, -0.2) is 15.5 Å². The molecule has 4 N–H and O–H groups in total. The lowest BCUT2D eigenvalue weighted by molar-refractivity contribution is 0.306. The number of methoxy groups -OCH3 is 1. The van der Waals surface area contributed by atoms with Crippen molar-refractivity contribution in [2.24, 2.45) is 5.14 Å². The molecule has 112 valence electrons. The molecule has 0 aliphatic heterocycles. The van der Waals surface area contributed by atoms with E-state index in [1.54, 1.807) is 7.11 Å². The fraction of sp³-hybridized carbons (Fsp3) is 0.143. The van der Waals surface area contributed by atoms with Crippen LogP contribution in [0.2, 0.25) is 0 Å². The third-order valence-electron chi connectivity index (χ3n) is 2.85. The molecule has 0 saturated heterocycles. The van der Waals surface area contributed by atoms with Crippen LogP contribution in [0, 0.1) is 0 Å².